The van der Waals surface area contributed by atoms with Crippen LogP contribution in [-0.2, 0) is 11.2 Å². The first-order valence-electron chi connectivity index (χ1n) is 7.58. The highest BCUT2D eigenvalue weighted by molar-refractivity contribution is 5.85. The number of rotatable bonds is 3. The summed E-state index contributed by atoms with van der Waals surface area (Å²) in [4.78, 5) is 18.8. The molecule has 1 N–H and O–H groups in total. The zero-order valence-corrected chi connectivity index (χ0v) is 14.8. The van der Waals surface area contributed by atoms with Crippen LogP contribution in [0.2, 0.25) is 0 Å². The molecule has 2 heterocycles. The van der Waals surface area contributed by atoms with Crippen LogP contribution >= 0.6 is 24.8 Å². The van der Waals surface area contributed by atoms with Crippen molar-refractivity contribution in [3.8, 4) is 0 Å². The highest BCUT2D eigenvalue weighted by Crippen LogP contribution is 2.18. The third-order valence-electron chi connectivity index (χ3n) is 4.17. The summed E-state index contributed by atoms with van der Waals surface area (Å²) >= 11 is 0. The Morgan fingerprint density at radius 1 is 1.30 bits per heavy atom. The topological polar surface area (TPSA) is 45.2 Å². The lowest BCUT2D eigenvalue weighted by Crippen LogP contribution is -2.52. The Bertz CT molecular complexity index is 645. The largest absolute Gasteiger partial charge is 0.337 e. The van der Waals surface area contributed by atoms with E-state index in [1.165, 1.54) is 5.56 Å². The van der Waals surface area contributed by atoms with E-state index >= 15 is 0 Å². The molecule has 4 nitrogen and oxygen atoms in total. The van der Waals surface area contributed by atoms with E-state index in [9.17, 15) is 4.79 Å². The lowest BCUT2D eigenvalue weighted by atomic mass is 10.0. The minimum atomic E-state index is 0. The molecule has 0 spiro atoms. The van der Waals surface area contributed by atoms with Crippen LogP contribution in [0.25, 0.3) is 10.9 Å². The summed E-state index contributed by atoms with van der Waals surface area (Å²) in [6, 6.07) is 10.4. The van der Waals surface area contributed by atoms with Gasteiger partial charge < -0.3 is 10.2 Å². The molecule has 2 aromatic rings. The van der Waals surface area contributed by atoms with Crippen molar-refractivity contribution < 1.29 is 4.79 Å². The number of aromatic nitrogens is 1. The number of pyridine rings is 1. The Hall–Kier alpha value is -1.36. The summed E-state index contributed by atoms with van der Waals surface area (Å²) in [5.41, 5.74) is 2.20. The smallest absolute Gasteiger partial charge is 0.223 e. The van der Waals surface area contributed by atoms with Gasteiger partial charge in [0.1, 0.15) is 0 Å². The van der Waals surface area contributed by atoms with E-state index in [0.717, 1.165) is 37.0 Å². The van der Waals surface area contributed by atoms with Crippen LogP contribution in [0.4, 0.5) is 0 Å². The van der Waals surface area contributed by atoms with Crippen molar-refractivity contribution in [1.82, 2.24) is 15.2 Å². The maximum Gasteiger partial charge on any atom is 0.223 e. The summed E-state index contributed by atoms with van der Waals surface area (Å²) in [7, 11) is 0. The van der Waals surface area contributed by atoms with Gasteiger partial charge in [0.15, 0.2) is 0 Å². The number of carbonyl (C=O) groups is 1. The van der Waals surface area contributed by atoms with Gasteiger partial charge in [-0.2, -0.15) is 0 Å². The molecule has 3 rings (SSSR count). The summed E-state index contributed by atoms with van der Waals surface area (Å²) < 4.78 is 0. The van der Waals surface area contributed by atoms with Crippen molar-refractivity contribution in [3.63, 3.8) is 0 Å². The number of amides is 1. The lowest BCUT2D eigenvalue weighted by Gasteiger charge is -2.34. The number of halogens is 2. The summed E-state index contributed by atoms with van der Waals surface area (Å²) in [6.45, 7) is 4.71. The average molecular weight is 356 g/mol. The molecule has 0 radical (unpaired) electrons. The van der Waals surface area contributed by atoms with Crippen molar-refractivity contribution in [2.45, 2.75) is 25.8 Å². The molecule has 0 saturated carbocycles. The molecule has 6 heteroatoms. The Balaban J connectivity index is 0.00000132. The van der Waals surface area contributed by atoms with E-state index < -0.39 is 0 Å². The third kappa shape index (κ3) is 4.56. The quantitative estimate of drug-likeness (QED) is 0.920. The van der Waals surface area contributed by atoms with Crippen LogP contribution in [0, 0.1) is 0 Å². The number of hydrogen-bond donors (Lipinski definition) is 1. The normalized spacial score (nSPS) is 17.3. The number of benzene rings is 1. The first kappa shape index (κ1) is 19.7. The van der Waals surface area contributed by atoms with E-state index in [4.69, 9.17) is 0 Å². The summed E-state index contributed by atoms with van der Waals surface area (Å²) in [6.07, 6.45) is 3.17. The molecule has 0 unspecified atom stereocenters. The third-order valence-corrected chi connectivity index (χ3v) is 4.17. The molecular formula is C17H23Cl2N3O. The molecule has 0 bridgehead atoms. The van der Waals surface area contributed by atoms with Gasteiger partial charge in [0, 0.05) is 43.7 Å². The SMILES string of the molecule is C[C@H]1CNCCN1C(=O)CCc1ccnc2ccccc12.Cl.Cl. The second-order valence-electron chi connectivity index (χ2n) is 5.63. The minimum absolute atomic E-state index is 0. The van der Waals surface area contributed by atoms with Crippen molar-refractivity contribution in [1.29, 1.82) is 0 Å². The van der Waals surface area contributed by atoms with Gasteiger partial charge in [-0.1, -0.05) is 18.2 Å². The maximum atomic E-state index is 12.4. The van der Waals surface area contributed by atoms with Crippen LogP contribution in [0.3, 0.4) is 0 Å². The fraction of sp³-hybridized carbons (Fsp3) is 0.412. The molecule has 1 saturated heterocycles. The van der Waals surface area contributed by atoms with E-state index in [0.29, 0.717) is 12.5 Å². The summed E-state index contributed by atoms with van der Waals surface area (Å²) in [5.74, 6) is 0.255. The van der Waals surface area contributed by atoms with Gasteiger partial charge >= 0.3 is 0 Å². The van der Waals surface area contributed by atoms with Crippen LogP contribution in [0.15, 0.2) is 36.5 Å². The lowest BCUT2D eigenvalue weighted by molar-refractivity contribution is -0.133. The number of nitrogens with one attached hydrogen (secondary N) is 1. The molecule has 1 amide bonds. The van der Waals surface area contributed by atoms with Crippen molar-refractivity contribution >= 4 is 41.6 Å². The standard InChI is InChI=1S/C17H21N3O.2ClH/c1-13-12-18-10-11-20(13)17(21)7-6-14-8-9-19-16-5-3-2-4-15(14)16;;/h2-5,8-9,13,18H,6-7,10-12H2,1H3;2*1H/t13-;;/m0../s1. The van der Waals surface area contributed by atoms with Gasteiger partial charge in [0.2, 0.25) is 5.91 Å². The van der Waals surface area contributed by atoms with Gasteiger partial charge in [-0.25, -0.2) is 0 Å². The number of hydrogen-bond acceptors (Lipinski definition) is 3. The molecule has 1 aliphatic heterocycles. The van der Waals surface area contributed by atoms with Gasteiger partial charge in [-0.15, -0.1) is 24.8 Å². The van der Waals surface area contributed by atoms with Gasteiger partial charge in [-0.3, -0.25) is 9.78 Å². The Morgan fingerprint density at radius 3 is 2.87 bits per heavy atom. The monoisotopic (exact) mass is 355 g/mol. The fourth-order valence-electron chi connectivity index (χ4n) is 2.97. The van der Waals surface area contributed by atoms with Gasteiger partial charge in [-0.05, 0) is 31.0 Å². The second-order valence-corrected chi connectivity index (χ2v) is 5.63. The number of piperazine rings is 1. The predicted molar refractivity (Wildman–Crippen MR) is 98.6 cm³/mol. The minimum Gasteiger partial charge on any atom is -0.337 e. The molecule has 1 aliphatic rings. The zero-order valence-electron chi connectivity index (χ0n) is 13.2. The van der Waals surface area contributed by atoms with E-state index in [1.807, 2.05) is 35.4 Å². The molecule has 1 fully saturated rings. The highest BCUT2D eigenvalue weighted by Gasteiger charge is 2.22. The number of aryl methyl sites for hydroxylation is 1. The fourth-order valence-corrected chi connectivity index (χ4v) is 2.97. The Labute approximate surface area is 149 Å². The number of fused-ring (bicyclic) bond motifs is 1. The zero-order chi connectivity index (χ0) is 14.7. The van der Waals surface area contributed by atoms with Crippen molar-refractivity contribution in [2.24, 2.45) is 0 Å². The van der Waals surface area contributed by atoms with Gasteiger partial charge in [0.25, 0.3) is 0 Å². The maximum absolute atomic E-state index is 12.4. The molecular weight excluding hydrogens is 333 g/mol. The average Bonchev–Trinajstić information content (AvgIpc) is 2.53. The summed E-state index contributed by atoms with van der Waals surface area (Å²) in [5, 5.41) is 4.47. The number of nitrogens with zero attached hydrogens (tertiary/aromatic N) is 2. The first-order chi connectivity index (χ1) is 10.3. The van der Waals surface area contributed by atoms with E-state index in [2.05, 4.69) is 23.3 Å². The highest BCUT2D eigenvalue weighted by atomic mass is 35.5. The van der Waals surface area contributed by atoms with Crippen LogP contribution in [0.1, 0.15) is 18.9 Å². The second kappa shape index (κ2) is 9.06. The van der Waals surface area contributed by atoms with E-state index in [-0.39, 0.29) is 30.7 Å². The van der Waals surface area contributed by atoms with Crippen molar-refractivity contribution in [2.75, 3.05) is 19.6 Å². The van der Waals surface area contributed by atoms with Crippen LogP contribution in [-0.4, -0.2) is 41.5 Å². The predicted octanol–water partition coefficient (Wildman–Crippen LogP) is 2.83. The molecule has 1 aromatic heterocycles. The molecule has 1 aromatic carbocycles. The Morgan fingerprint density at radius 2 is 2.09 bits per heavy atom. The molecule has 23 heavy (non-hydrogen) atoms. The molecule has 126 valence electrons. The van der Waals surface area contributed by atoms with Crippen LogP contribution < -0.4 is 5.32 Å². The Kier molecular flexibility index (Phi) is 7.76. The number of carbonyl (C=O) groups excluding carboxylic acids is 1. The van der Waals surface area contributed by atoms with Crippen LogP contribution in [0.5, 0.6) is 0 Å². The first-order valence-corrected chi connectivity index (χ1v) is 7.58. The van der Waals surface area contributed by atoms with Crippen molar-refractivity contribution in [3.05, 3.63) is 42.1 Å². The number of para-hydroxylation sites is 1. The van der Waals surface area contributed by atoms with Gasteiger partial charge in [0.05, 0.1) is 5.52 Å². The molecule has 0 aliphatic carbocycles. The van der Waals surface area contributed by atoms with E-state index in [1.54, 1.807) is 0 Å². The molecule has 1 atom stereocenters.